The first-order valence-electron chi connectivity index (χ1n) is 8.08. The molecule has 0 atom stereocenters. The van der Waals surface area contributed by atoms with Crippen LogP contribution in [0.15, 0.2) is 59.5 Å². The molecule has 3 aromatic carbocycles. The third-order valence-electron chi connectivity index (χ3n) is 4.50. The highest BCUT2D eigenvalue weighted by atomic mass is 35.5. The van der Waals surface area contributed by atoms with Gasteiger partial charge < -0.3 is 5.32 Å². The van der Waals surface area contributed by atoms with E-state index in [1.165, 1.54) is 0 Å². The van der Waals surface area contributed by atoms with Crippen molar-refractivity contribution in [3.8, 4) is 0 Å². The van der Waals surface area contributed by atoms with Crippen LogP contribution in [-0.2, 0) is 23.0 Å². The molecule has 4 nitrogen and oxygen atoms in total. The van der Waals surface area contributed by atoms with Crippen LogP contribution in [0.25, 0.3) is 10.8 Å². The van der Waals surface area contributed by atoms with Crippen LogP contribution in [0.4, 0.5) is 5.69 Å². The molecule has 0 aromatic heterocycles. The molecule has 1 aliphatic heterocycles. The van der Waals surface area contributed by atoms with Gasteiger partial charge in [0.15, 0.2) is 0 Å². The third-order valence-corrected chi connectivity index (χ3v) is 6.26. The first-order chi connectivity index (χ1) is 12.1. The van der Waals surface area contributed by atoms with Gasteiger partial charge in [0.05, 0.1) is 10.6 Å². The summed E-state index contributed by atoms with van der Waals surface area (Å²) in [6, 6.07) is 16.2. The van der Waals surface area contributed by atoms with Gasteiger partial charge in [0.2, 0.25) is 0 Å². The quantitative estimate of drug-likeness (QED) is 0.676. The van der Waals surface area contributed by atoms with Crippen LogP contribution in [0.5, 0.6) is 0 Å². The van der Waals surface area contributed by atoms with Crippen molar-refractivity contribution in [2.75, 3.05) is 11.3 Å². The minimum Gasteiger partial charge on any atom is -0.312 e. The van der Waals surface area contributed by atoms with Gasteiger partial charge in [0.25, 0.3) is 10.0 Å². The standard InChI is InChI=1S/C19H17ClN2O2S.ClH/c20-17-7-2-6-16-15(17)5-3-9-19(16)25(23,24)22-18-8-1-4-13-12-21-11-10-14(13)18;/h1-9,21-22H,10-12H2;1H. The number of hydrogen-bond acceptors (Lipinski definition) is 3. The van der Waals surface area contributed by atoms with Crippen LogP contribution in [0.1, 0.15) is 11.1 Å². The molecule has 1 heterocycles. The molecule has 1 aliphatic rings. The normalized spacial score (nSPS) is 13.7. The minimum absolute atomic E-state index is 0. The van der Waals surface area contributed by atoms with Crippen molar-refractivity contribution in [3.63, 3.8) is 0 Å². The number of fused-ring (bicyclic) bond motifs is 2. The molecule has 0 aliphatic carbocycles. The molecular formula is C19H18Cl2N2O2S. The summed E-state index contributed by atoms with van der Waals surface area (Å²) in [5.41, 5.74) is 2.84. The molecule has 0 saturated carbocycles. The molecule has 136 valence electrons. The number of hydrogen-bond donors (Lipinski definition) is 2. The van der Waals surface area contributed by atoms with Gasteiger partial charge in [-0.3, -0.25) is 4.72 Å². The van der Waals surface area contributed by atoms with Gasteiger partial charge in [-0.15, -0.1) is 12.4 Å². The molecule has 0 radical (unpaired) electrons. The summed E-state index contributed by atoms with van der Waals surface area (Å²) in [5, 5.41) is 5.19. The average molecular weight is 409 g/mol. The summed E-state index contributed by atoms with van der Waals surface area (Å²) in [4.78, 5) is 0.235. The number of halogens is 2. The lowest BCUT2D eigenvalue weighted by molar-refractivity contribution is 0.601. The van der Waals surface area contributed by atoms with E-state index in [0.717, 1.165) is 36.0 Å². The molecule has 0 spiro atoms. The first kappa shape index (κ1) is 19.0. The zero-order chi connectivity index (χ0) is 17.4. The fraction of sp³-hybridized carbons (Fsp3) is 0.158. The van der Waals surface area contributed by atoms with Gasteiger partial charge in [0, 0.05) is 22.3 Å². The Kier molecular flexibility index (Phi) is 5.44. The maximum atomic E-state index is 13.0. The van der Waals surface area contributed by atoms with Crippen molar-refractivity contribution in [1.82, 2.24) is 5.32 Å². The van der Waals surface area contributed by atoms with Crippen molar-refractivity contribution < 1.29 is 8.42 Å². The van der Waals surface area contributed by atoms with Gasteiger partial charge >= 0.3 is 0 Å². The zero-order valence-electron chi connectivity index (χ0n) is 13.8. The number of rotatable bonds is 3. The molecule has 0 unspecified atom stereocenters. The molecule has 4 rings (SSSR count). The monoisotopic (exact) mass is 408 g/mol. The van der Waals surface area contributed by atoms with Crippen molar-refractivity contribution in [3.05, 3.63) is 70.7 Å². The van der Waals surface area contributed by atoms with E-state index in [4.69, 9.17) is 11.6 Å². The van der Waals surface area contributed by atoms with Gasteiger partial charge in [-0.2, -0.15) is 0 Å². The van der Waals surface area contributed by atoms with Crippen molar-refractivity contribution in [2.45, 2.75) is 17.9 Å². The average Bonchev–Trinajstić information content (AvgIpc) is 2.62. The van der Waals surface area contributed by atoms with Crippen LogP contribution in [0.3, 0.4) is 0 Å². The van der Waals surface area contributed by atoms with Crippen LogP contribution >= 0.6 is 24.0 Å². The lowest BCUT2D eigenvalue weighted by atomic mass is 9.99. The SMILES string of the molecule is Cl.O=S(=O)(Nc1cccc2c1CCNC2)c1cccc2c(Cl)cccc12. The van der Waals surface area contributed by atoms with Crippen LogP contribution in [-0.4, -0.2) is 15.0 Å². The van der Waals surface area contributed by atoms with E-state index < -0.39 is 10.0 Å². The van der Waals surface area contributed by atoms with Gasteiger partial charge in [0.1, 0.15) is 0 Å². The Bertz CT molecular complexity index is 1070. The summed E-state index contributed by atoms with van der Waals surface area (Å²) in [6.45, 7) is 1.60. The van der Waals surface area contributed by atoms with Crippen molar-refractivity contribution in [2.24, 2.45) is 0 Å². The molecule has 0 saturated heterocycles. The van der Waals surface area contributed by atoms with Crippen LogP contribution < -0.4 is 10.0 Å². The maximum Gasteiger partial charge on any atom is 0.262 e. The smallest absolute Gasteiger partial charge is 0.262 e. The van der Waals surface area contributed by atoms with E-state index in [0.29, 0.717) is 16.1 Å². The first-order valence-corrected chi connectivity index (χ1v) is 9.94. The zero-order valence-corrected chi connectivity index (χ0v) is 16.2. The minimum atomic E-state index is -3.72. The number of nitrogens with one attached hydrogen (secondary N) is 2. The van der Waals surface area contributed by atoms with E-state index in [1.807, 2.05) is 24.3 Å². The molecule has 0 bridgehead atoms. The second kappa shape index (κ2) is 7.45. The van der Waals surface area contributed by atoms with E-state index in [1.54, 1.807) is 30.3 Å². The molecule has 0 amide bonds. The Morgan fingerprint density at radius 1 is 0.962 bits per heavy atom. The van der Waals surface area contributed by atoms with Crippen molar-refractivity contribution >= 4 is 50.5 Å². The van der Waals surface area contributed by atoms with E-state index >= 15 is 0 Å². The second-order valence-corrected chi connectivity index (χ2v) is 8.12. The molecule has 2 N–H and O–H groups in total. The highest BCUT2D eigenvalue weighted by Gasteiger charge is 2.21. The van der Waals surface area contributed by atoms with E-state index in [2.05, 4.69) is 10.0 Å². The highest BCUT2D eigenvalue weighted by molar-refractivity contribution is 7.93. The Balaban J connectivity index is 0.00000196. The third kappa shape index (κ3) is 3.40. The molecule has 7 heteroatoms. The van der Waals surface area contributed by atoms with Gasteiger partial charge in [-0.05, 0) is 42.3 Å². The maximum absolute atomic E-state index is 13.0. The lowest BCUT2D eigenvalue weighted by Gasteiger charge is -2.21. The van der Waals surface area contributed by atoms with Gasteiger partial charge in [-0.25, -0.2) is 8.42 Å². The Labute approximate surface area is 164 Å². The second-order valence-electron chi connectivity index (χ2n) is 6.07. The molecule has 3 aromatic rings. The summed E-state index contributed by atoms with van der Waals surface area (Å²) in [6.07, 6.45) is 0.801. The Hall–Kier alpha value is -1.79. The largest absolute Gasteiger partial charge is 0.312 e. The summed E-state index contributed by atoms with van der Waals surface area (Å²) in [5.74, 6) is 0. The predicted molar refractivity (Wildman–Crippen MR) is 109 cm³/mol. The summed E-state index contributed by atoms with van der Waals surface area (Å²) < 4.78 is 28.9. The summed E-state index contributed by atoms with van der Waals surface area (Å²) >= 11 is 6.21. The lowest BCUT2D eigenvalue weighted by Crippen LogP contribution is -2.25. The number of benzene rings is 3. The van der Waals surface area contributed by atoms with Crippen LogP contribution in [0.2, 0.25) is 5.02 Å². The molecule has 26 heavy (non-hydrogen) atoms. The number of anilines is 1. The van der Waals surface area contributed by atoms with E-state index in [9.17, 15) is 8.42 Å². The fourth-order valence-electron chi connectivity index (χ4n) is 3.30. The predicted octanol–water partition coefficient (Wildman–Crippen LogP) is 4.36. The summed E-state index contributed by atoms with van der Waals surface area (Å²) in [7, 11) is -3.72. The topological polar surface area (TPSA) is 58.2 Å². The fourth-order valence-corrected chi connectivity index (χ4v) is 4.86. The van der Waals surface area contributed by atoms with Crippen molar-refractivity contribution in [1.29, 1.82) is 0 Å². The molecular weight excluding hydrogens is 391 g/mol. The van der Waals surface area contributed by atoms with Crippen LogP contribution in [0, 0.1) is 0 Å². The molecule has 0 fully saturated rings. The van der Waals surface area contributed by atoms with E-state index in [-0.39, 0.29) is 17.3 Å². The Morgan fingerprint density at radius 2 is 1.69 bits per heavy atom. The van der Waals surface area contributed by atoms with Gasteiger partial charge in [-0.1, -0.05) is 48.0 Å². The highest BCUT2D eigenvalue weighted by Crippen LogP contribution is 2.31. The number of sulfonamides is 1. The Morgan fingerprint density at radius 3 is 2.54 bits per heavy atom.